The maximum atomic E-state index is 12.8. The van der Waals surface area contributed by atoms with Crippen LogP contribution in [0.4, 0.5) is 5.69 Å². The quantitative estimate of drug-likeness (QED) is 0.361. The normalized spacial score (nSPS) is 13.3. The largest absolute Gasteiger partial charge is 0.325 e. The highest BCUT2D eigenvalue weighted by molar-refractivity contribution is 7.10. The lowest BCUT2D eigenvalue weighted by Gasteiger charge is -2.23. The standard InChI is InChI=1S/C23H24N4O2S/c1-3-15-6-8-16(9-7-15)21(20-5-4-12-30-20)24-14(2)22(28)25-17-10-11-18-19(13-17)27-23(29)26-18/h4-14,21,24H,3H2,1-2H3,(H,25,28)(H2,26,27,29)/t14-,21+/m1/s1. The monoisotopic (exact) mass is 420 g/mol. The predicted octanol–water partition coefficient (Wildman–Crippen LogP) is 4.19. The third-order valence-electron chi connectivity index (χ3n) is 5.14. The Labute approximate surface area is 178 Å². The summed E-state index contributed by atoms with van der Waals surface area (Å²) in [6, 6.07) is 17.4. The molecular formula is C23H24N4O2S. The highest BCUT2D eigenvalue weighted by Crippen LogP contribution is 2.27. The number of amides is 1. The van der Waals surface area contributed by atoms with Gasteiger partial charge in [-0.2, -0.15) is 0 Å². The highest BCUT2D eigenvalue weighted by atomic mass is 32.1. The zero-order valence-electron chi connectivity index (χ0n) is 16.9. The lowest BCUT2D eigenvalue weighted by molar-refractivity contribution is -0.117. The van der Waals surface area contributed by atoms with E-state index in [9.17, 15) is 9.59 Å². The van der Waals surface area contributed by atoms with Gasteiger partial charge < -0.3 is 15.3 Å². The number of imidazole rings is 1. The molecule has 2 atom stereocenters. The molecule has 0 spiro atoms. The Hall–Kier alpha value is -3.16. The molecule has 0 aliphatic heterocycles. The minimum Gasteiger partial charge on any atom is -0.325 e. The second kappa shape index (κ2) is 8.69. The molecule has 0 aliphatic rings. The van der Waals surface area contributed by atoms with Crippen molar-refractivity contribution < 1.29 is 4.79 Å². The molecule has 2 aromatic carbocycles. The Kier molecular flexibility index (Phi) is 5.83. The van der Waals surface area contributed by atoms with Crippen LogP contribution in [0.1, 0.15) is 35.9 Å². The summed E-state index contributed by atoms with van der Waals surface area (Å²) in [5, 5.41) is 8.44. The van der Waals surface area contributed by atoms with Gasteiger partial charge in [-0.05, 0) is 54.1 Å². The third-order valence-corrected chi connectivity index (χ3v) is 6.08. The number of carbonyl (C=O) groups excluding carboxylic acids is 1. The molecule has 7 heteroatoms. The fraction of sp³-hybridized carbons (Fsp3) is 0.217. The van der Waals surface area contributed by atoms with E-state index in [1.165, 1.54) is 5.56 Å². The second-order valence-electron chi connectivity index (χ2n) is 7.26. The molecule has 30 heavy (non-hydrogen) atoms. The summed E-state index contributed by atoms with van der Waals surface area (Å²) in [6.07, 6.45) is 0.993. The number of benzene rings is 2. The van der Waals surface area contributed by atoms with Crippen molar-refractivity contribution in [2.45, 2.75) is 32.4 Å². The first-order valence-corrected chi connectivity index (χ1v) is 10.8. The summed E-state index contributed by atoms with van der Waals surface area (Å²) >= 11 is 1.67. The van der Waals surface area contributed by atoms with E-state index in [1.54, 1.807) is 29.5 Å². The number of rotatable bonds is 7. The van der Waals surface area contributed by atoms with Crippen LogP contribution in [0.25, 0.3) is 11.0 Å². The Bertz CT molecular complexity index is 1190. The molecule has 0 radical (unpaired) electrons. The van der Waals surface area contributed by atoms with E-state index in [0.717, 1.165) is 16.9 Å². The summed E-state index contributed by atoms with van der Waals surface area (Å²) in [6.45, 7) is 3.99. The molecule has 2 heterocycles. The van der Waals surface area contributed by atoms with Crippen molar-refractivity contribution >= 4 is 34.0 Å². The van der Waals surface area contributed by atoms with Gasteiger partial charge in [-0.1, -0.05) is 37.3 Å². The third kappa shape index (κ3) is 4.37. The van der Waals surface area contributed by atoms with E-state index in [1.807, 2.05) is 18.4 Å². The highest BCUT2D eigenvalue weighted by Gasteiger charge is 2.22. The van der Waals surface area contributed by atoms with Gasteiger partial charge in [0.1, 0.15) is 0 Å². The Morgan fingerprint density at radius 1 is 1.07 bits per heavy atom. The molecule has 1 amide bonds. The number of carbonyl (C=O) groups is 1. The van der Waals surface area contributed by atoms with Crippen molar-refractivity contribution in [1.29, 1.82) is 0 Å². The average molecular weight is 421 g/mol. The second-order valence-corrected chi connectivity index (χ2v) is 8.24. The first-order chi connectivity index (χ1) is 14.5. The van der Waals surface area contributed by atoms with Crippen LogP contribution >= 0.6 is 11.3 Å². The number of thiophene rings is 1. The summed E-state index contributed by atoms with van der Waals surface area (Å²) in [4.78, 5) is 30.8. The van der Waals surface area contributed by atoms with Crippen LogP contribution in [0.3, 0.4) is 0 Å². The van der Waals surface area contributed by atoms with Gasteiger partial charge >= 0.3 is 5.69 Å². The van der Waals surface area contributed by atoms with Crippen molar-refractivity contribution in [3.8, 4) is 0 Å². The molecule has 4 N–H and O–H groups in total. The minimum absolute atomic E-state index is 0.0693. The Balaban J connectivity index is 1.51. The topological polar surface area (TPSA) is 89.8 Å². The fourth-order valence-electron chi connectivity index (χ4n) is 3.43. The van der Waals surface area contributed by atoms with Gasteiger partial charge in [-0.3, -0.25) is 10.1 Å². The summed E-state index contributed by atoms with van der Waals surface area (Å²) in [5.41, 5.74) is 4.14. The number of anilines is 1. The summed E-state index contributed by atoms with van der Waals surface area (Å²) in [7, 11) is 0. The Morgan fingerprint density at radius 2 is 1.83 bits per heavy atom. The molecule has 0 saturated heterocycles. The molecule has 0 aliphatic carbocycles. The maximum Gasteiger partial charge on any atom is 0.323 e. The van der Waals surface area contributed by atoms with E-state index < -0.39 is 6.04 Å². The van der Waals surface area contributed by atoms with Crippen LogP contribution in [0.2, 0.25) is 0 Å². The molecule has 0 saturated carbocycles. The maximum absolute atomic E-state index is 12.8. The molecule has 0 bridgehead atoms. The van der Waals surface area contributed by atoms with E-state index in [0.29, 0.717) is 16.7 Å². The number of fused-ring (bicyclic) bond motifs is 1. The Morgan fingerprint density at radius 3 is 2.53 bits per heavy atom. The van der Waals surface area contributed by atoms with Crippen molar-refractivity contribution in [3.63, 3.8) is 0 Å². The lowest BCUT2D eigenvalue weighted by atomic mass is 10.0. The van der Waals surface area contributed by atoms with Crippen LogP contribution in [-0.2, 0) is 11.2 Å². The van der Waals surface area contributed by atoms with Crippen molar-refractivity contribution in [1.82, 2.24) is 15.3 Å². The first-order valence-electron chi connectivity index (χ1n) is 9.94. The van der Waals surface area contributed by atoms with E-state index in [4.69, 9.17) is 0 Å². The average Bonchev–Trinajstić information content (AvgIpc) is 3.40. The zero-order chi connectivity index (χ0) is 21.1. The molecule has 154 valence electrons. The molecule has 2 aromatic heterocycles. The zero-order valence-corrected chi connectivity index (χ0v) is 17.7. The number of aryl methyl sites for hydroxylation is 1. The van der Waals surface area contributed by atoms with Gasteiger partial charge in [0.15, 0.2) is 0 Å². The van der Waals surface area contributed by atoms with E-state index in [2.05, 4.69) is 57.9 Å². The predicted molar refractivity (Wildman–Crippen MR) is 122 cm³/mol. The van der Waals surface area contributed by atoms with Gasteiger partial charge in [-0.25, -0.2) is 4.79 Å². The van der Waals surface area contributed by atoms with Gasteiger partial charge in [0.2, 0.25) is 5.91 Å². The van der Waals surface area contributed by atoms with Crippen molar-refractivity contribution in [2.75, 3.05) is 5.32 Å². The first kappa shape index (κ1) is 20.1. The molecule has 0 unspecified atom stereocenters. The molecule has 6 nitrogen and oxygen atoms in total. The van der Waals surface area contributed by atoms with Crippen LogP contribution < -0.4 is 16.3 Å². The number of aromatic amines is 2. The van der Waals surface area contributed by atoms with Gasteiger partial charge in [0.25, 0.3) is 0 Å². The van der Waals surface area contributed by atoms with Crippen LogP contribution in [0.15, 0.2) is 64.8 Å². The smallest absolute Gasteiger partial charge is 0.323 e. The SMILES string of the molecule is CCc1ccc([C@H](N[C@H](C)C(=O)Nc2ccc3[nH]c(=O)[nH]c3c2)c2cccs2)cc1. The van der Waals surface area contributed by atoms with Crippen molar-refractivity contribution in [2.24, 2.45) is 0 Å². The molecule has 0 fully saturated rings. The van der Waals surface area contributed by atoms with Crippen LogP contribution in [-0.4, -0.2) is 21.9 Å². The van der Waals surface area contributed by atoms with Gasteiger partial charge in [0, 0.05) is 10.6 Å². The van der Waals surface area contributed by atoms with Crippen molar-refractivity contribution in [3.05, 3.63) is 86.5 Å². The van der Waals surface area contributed by atoms with Gasteiger partial charge in [-0.15, -0.1) is 11.3 Å². The van der Waals surface area contributed by atoms with E-state index >= 15 is 0 Å². The number of nitrogens with one attached hydrogen (secondary N) is 4. The minimum atomic E-state index is -0.427. The lowest BCUT2D eigenvalue weighted by Crippen LogP contribution is -2.40. The van der Waals surface area contributed by atoms with Crippen LogP contribution in [0.5, 0.6) is 0 Å². The number of H-pyrrole nitrogens is 2. The molecule has 4 rings (SSSR count). The number of hydrogen-bond donors (Lipinski definition) is 4. The molecular weight excluding hydrogens is 396 g/mol. The van der Waals surface area contributed by atoms with E-state index in [-0.39, 0.29) is 17.6 Å². The number of aromatic nitrogens is 2. The summed E-state index contributed by atoms with van der Waals surface area (Å²) < 4.78 is 0. The summed E-state index contributed by atoms with van der Waals surface area (Å²) in [5.74, 6) is -0.140. The fourth-order valence-corrected chi connectivity index (χ4v) is 4.24. The number of hydrogen-bond acceptors (Lipinski definition) is 4. The van der Waals surface area contributed by atoms with Crippen LogP contribution in [0, 0.1) is 0 Å². The van der Waals surface area contributed by atoms with Gasteiger partial charge in [0.05, 0.1) is 23.1 Å². The molecule has 4 aromatic rings.